The predicted octanol–water partition coefficient (Wildman–Crippen LogP) is 6.64. The smallest absolute Gasteiger partial charge is 0.250 e. The number of fused-ring (bicyclic) bond motifs is 1. The van der Waals surface area contributed by atoms with Gasteiger partial charge in [0.2, 0.25) is 0 Å². The summed E-state index contributed by atoms with van der Waals surface area (Å²) in [5.41, 5.74) is 6.80. The van der Waals surface area contributed by atoms with Crippen molar-refractivity contribution in [3.8, 4) is 5.75 Å². The first kappa shape index (κ1) is 24.4. The number of halogens is 2. The highest BCUT2D eigenvalue weighted by Crippen LogP contribution is 2.30. The van der Waals surface area contributed by atoms with Crippen molar-refractivity contribution >= 4 is 90.6 Å². The number of hydrazone groups is 1. The molecule has 9 heteroatoms. The van der Waals surface area contributed by atoms with Gasteiger partial charge in [0.15, 0.2) is 4.34 Å². The van der Waals surface area contributed by atoms with Crippen LogP contribution in [0.25, 0.3) is 10.2 Å². The Kier molecular flexibility index (Phi) is 8.61. The standard InChI is InChI=1S/C24H19I2N3O2S2/c1-15-5-4-6-16(9-15)13-31-23-18(25)10-17(11-19(23)26)12-27-29-22(30)14-32-24-28-20-7-2-3-8-21(20)33-24/h2-12H,13-14H2,1H3,(H,29,30)/b27-12-. The fraction of sp³-hybridized carbons (Fsp3) is 0.125. The number of aryl methyl sites for hydroxylation is 1. The lowest BCUT2D eigenvalue weighted by atomic mass is 10.1. The van der Waals surface area contributed by atoms with Gasteiger partial charge in [-0.1, -0.05) is 53.7 Å². The third-order valence-corrected chi connectivity index (χ3v) is 8.27. The largest absolute Gasteiger partial charge is 0.487 e. The fourth-order valence-corrected chi connectivity index (χ4v) is 6.99. The Morgan fingerprint density at radius 1 is 1.15 bits per heavy atom. The number of ether oxygens (including phenoxy) is 1. The molecule has 5 nitrogen and oxygen atoms in total. The minimum absolute atomic E-state index is 0.169. The van der Waals surface area contributed by atoms with E-state index in [1.54, 1.807) is 17.6 Å². The van der Waals surface area contributed by atoms with Crippen molar-refractivity contribution in [3.63, 3.8) is 0 Å². The molecule has 4 rings (SSSR count). The third-order valence-electron chi connectivity index (χ3n) is 4.49. The number of carbonyl (C=O) groups is 1. The molecule has 0 atom stereocenters. The van der Waals surface area contributed by atoms with E-state index < -0.39 is 0 Å². The molecule has 0 bridgehead atoms. The van der Waals surface area contributed by atoms with Crippen LogP contribution in [0.1, 0.15) is 16.7 Å². The number of hydrogen-bond donors (Lipinski definition) is 1. The molecule has 4 aromatic rings. The molecule has 0 saturated carbocycles. The number of amides is 1. The summed E-state index contributed by atoms with van der Waals surface area (Å²) in [6, 6.07) is 20.2. The van der Waals surface area contributed by atoms with Gasteiger partial charge >= 0.3 is 0 Å². The summed E-state index contributed by atoms with van der Waals surface area (Å²) < 4.78 is 10.0. The number of benzene rings is 3. The van der Waals surface area contributed by atoms with Crippen molar-refractivity contribution in [1.29, 1.82) is 0 Å². The molecule has 0 aliphatic rings. The van der Waals surface area contributed by atoms with E-state index in [0.717, 1.165) is 38.6 Å². The molecule has 0 spiro atoms. The molecule has 0 fully saturated rings. The zero-order chi connectivity index (χ0) is 23.2. The molecule has 0 radical (unpaired) electrons. The predicted molar refractivity (Wildman–Crippen MR) is 153 cm³/mol. The van der Waals surface area contributed by atoms with Gasteiger partial charge in [-0.25, -0.2) is 10.4 Å². The summed E-state index contributed by atoms with van der Waals surface area (Å²) in [7, 11) is 0. The van der Waals surface area contributed by atoms with Crippen LogP contribution in [0.4, 0.5) is 0 Å². The Hall–Kier alpha value is -1.70. The van der Waals surface area contributed by atoms with E-state index in [4.69, 9.17) is 4.74 Å². The highest BCUT2D eigenvalue weighted by atomic mass is 127. The maximum atomic E-state index is 12.2. The first-order valence-corrected chi connectivity index (χ1v) is 13.9. The molecule has 0 aliphatic heterocycles. The second-order valence-electron chi connectivity index (χ2n) is 7.12. The number of hydrogen-bond acceptors (Lipinski definition) is 6. The average molecular weight is 699 g/mol. The Labute approximate surface area is 227 Å². The van der Waals surface area contributed by atoms with Crippen molar-refractivity contribution in [2.24, 2.45) is 5.10 Å². The van der Waals surface area contributed by atoms with Crippen LogP contribution in [0.2, 0.25) is 0 Å². The van der Waals surface area contributed by atoms with E-state index in [9.17, 15) is 4.79 Å². The first-order chi connectivity index (χ1) is 16.0. The van der Waals surface area contributed by atoms with Crippen LogP contribution in [-0.4, -0.2) is 22.9 Å². The van der Waals surface area contributed by atoms with Crippen LogP contribution in [0, 0.1) is 14.1 Å². The molecule has 168 valence electrons. The van der Waals surface area contributed by atoms with Gasteiger partial charge in [-0.3, -0.25) is 4.79 Å². The average Bonchev–Trinajstić information content (AvgIpc) is 3.20. The number of nitrogens with zero attached hydrogens (tertiary/aromatic N) is 2. The van der Waals surface area contributed by atoms with Crippen LogP contribution in [0.15, 0.2) is 70.1 Å². The molecule has 1 heterocycles. The molecule has 33 heavy (non-hydrogen) atoms. The van der Waals surface area contributed by atoms with Crippen molar-refractivity contribution in [2.75, 3.05) is 5.75 Å². The summed E-state index contributed by atoms with van der Waals surface area (Å²) >= 11 is 7.53. The van der Waals surface area contributed by atoms with Crippen molar-refractivity contribution in [1.82, 2.24) is 10.4 Å². The number of para-hydroxylation sites is 1. The molecule has 1 aromatic heterocycles. The van der Waals surface area contributed by atoms with E-state index in [1.807, 2.05) is 42.5 Å². The van der Waals surface area contributed by atoms with Gasteiger partial charge in [0, 0.05) is 0 Å². The van der Waals surface area contributed by atoms with Crippen LogP contribution >= 0.6 is 68.3 Å². The Morgan fingerprint density at radius 3 is 2.70 bits per heavy atom. The number of carbonyl (C=O) groups excluding carboxylic acids is 1. The second-order valence-corrected chi connectivity index (χ2v) is 11.7. The first-order valence-electron chi connectivity index (χ1n) is 9.95. The normalized spacial score (nSPS) is 11.2. The molecule has 3 aromatic carbocycles. The molecule has 0 saturated heterocycles. The second kappa shape index (κ2) is 11.6. The van der Waals surface area contributed by atoms with Gasteiger partial charge in [-0.05, 0) is 87.5 Å². The SMILES string of the molecule is Cc1cccc(COc2c(I)cc(/C=N\NC(=O)CSc3nc4ccccc4s3)cc2I)c1. The third kappa shape index (κ3) is 6.90. The minimum Gasteiger partial charge on any atom is -0.487 e. The Bertz CT molecular complexity index is 1270. The van der Waals surface area contributed by atoms with Gasteiger partial charge in [0.05, 0.1) is 29.3 Å². The molecule has 0 unspecified atom stereocenters. The number of thioether (sulfide) groups is 1. The Balaban J connectivity index is 1.30. The summed E-state index contributed by atoms with van der Waals surface area (Å²) in [5, 5.41) is 4.11. The lowest BCUT2D eigenvalue weighted by Crippen LogP contribution is -2.19. The summed E-state index contributed by atoms with van der Waals surface area (Å²) in [5.74, 6) is 0.946. The zero-order valence-corrected chi connectivity index (χ0v) is 23.5. The maximum Gasteiger partial charge on any atom is 0.250 e. The van der Waals surface area contributed by atoms with Crippen LogP contribution in [-0.2, 0) is 11.4 Å². The lowest BCUT2D eigenvalue weighted by molar-refractivity contribution is -0.118. The van der Waals surface area contributed by atoms with Gasteiger partial charge in [-0.2, -0.15) is 5.10 Å². The van der Waals surface area contributed by atoms with E-state index in [1.165, 1.54) is 17.3 Å². The summed E-state index contributed by atoms with van der Waals surface area (Å²) in [6.45, 7) is 2.59. The van der Waals surface area contributed by atoms with E-state index in [0.29, 0.717) is 6.61 Å². The van der Waals surface area contributed by atoms with Crippen LogP contribution in [0.3, 0.4) is 0 Å². The minimum atomic E-state index is -0.169. The van der Waals surface area contributed by atoms with E-state index in [-0.39, 0.29) is 11.7 Å². The highest BCUT2D eigenvalue weighted by Gasteiger charge is 2.10. The van der Waals surface area contributed by atoms with Crippen LogP contribution in [0.5, 0.6) is 5.75 Å². The topological polar surface area (TPSA) is 63.6 Å². The van der Waals surface area contributed by atoms with Crippen molar-refractivity contribution < 1.29 is 9.53 Å². The molecule has 1 amide bonds. The van der Waals surface area contributed by atoms with Gasteiger partial charge in [0.25, 0.3) is 5.91 Å². The van der Waals surface area contributed by atoms with Gasteiger partial charge in [0.1, 0.15) is 12.4 Å². The van der Waals surface area contributed by atoms with Crippen LogP contribution < -0.4 is 10.2 Å². The fourth-order valence-electron chi connectivity index (χ4n) is 3.00. The monoisotopic (exact) mass is 699 g/mol. The van der Waals surface area contributed by atoms with Crippen molar-refractivity contribution in [3.05, 3.63) is 84.5 Å². The maximum absolute atomic E-state index is 12.2. The number of nitrogens with one attached hydrogen (secondary N) is 1. The van der Waals surface area contributed by atoms with Gasteiger partial charge in [-0.15, -0.1) is 11.3 Å². The number of thiazole rings is 1. The van der Waals surface area contributed by atoms with Gasteiger partial charge < -0.3 is 4.74 Å². The molecule has 1 N–H and O–H groups in total. The Morgan fingerprint density at radius 2 is 1.94 bits per heavy atom. The molecule has 0 aliphatic carbocycles. The molecular weight excluding hydrogens is 680 g/mol. The summed E-state index contributed by atoms with van der Waals surface area (Å²) in [6.07, 6.45) is 1.65. The van der Waals surface area contributed by atoms with Crippen molar-refractivity contribution in [2.45, 2.75) is 17.9 Å². The summed E-state index contributed by atoms with van der Waals surface area (Å²) in [4.78, 5) is 16.7. The lowest BCUT2D eigenvalue weighted by Gasteiger charge is -2.12. The number of rotatable bonds is 8. The zero-order valence-electron chi connectivity index (χ0n) is 17.5. The number of aromatic nitrogens is 1. The van der Waals surface area contributed by atoms with E-state index in [2.05, 4.69) is 85.8 Å². The molecular formula is C24H19I2N3O2S2. The highest BCUT2D eigenvalue weighted by molar-refractivity contribution is 14.1. The van der Waals surface area contributed by atoms with E-state index >= 15 is 0 Å². The quantitative estimate of drug-likeness (QED) is 0.0971.